The zero-order valence-corrected chi connectivity index (χ0v) is 8.21. The topological polar surface area (TPSA) is 23.6 Å². The molecule has 1 rings (SSSR count). The molecule has 0 aromatic heterocycles. The molecule has 0 saturated heterocycles. The first-order valence-electron chi connectivity index (χ1n) is 4.72. The van der Waals surface area contributed by atoms with Crippen LogP contribution in [-0.4, -0.2) is 42.0 Å². The zero-order chi connectivity index (χ0) is 9.14. The Bertz CT molecular complexity index is 166. The first-order valence-corrected chi connectivity index (χ1v) is 4.72. The molecule has 1 aliphatic carbocycles. The van der Waals surface area contributed by atoms with Gasteiger partial charge in [-0.1, -0.05) is 0 Å². The molecule has 1 saturated carbocycles. The molecular formula is C9H18N2O. The number of urea groups is 1. The number of rotatable bonds is 3. The third kappa shape index (κ3) is 1.90. The minimum Gasteiger partial charge on any atom is -0.328 e. The van der Waals surface area contributed by atoms with Crippen molar-refractivity contribution in [3.8, 4) is 0 Å². The summed E-state index contributed by atoms with van der Waals surface area (Å²) in [6.45, 7) is 5.67. The van der Waals surface area contributed by atoms with E-state index in [1.54, 1.807) is 4.90 Å². The number of carbonyl (C=O) groups is 1. The van der Waals surface area contributed by atoms with Gasteiger partial charge in [0.15, 0.2) is 0 Å². The highest BCUT2D eigenvalue weighted by atomic mass is 16.2. The maximum atomic E-state index is 11.6. The third-order valence-corrected chi connectivity index (χ3v) is 2.37. The van der Waals surface area contributed by atoms with Gasteiger partial charge in [-0.25, -0.2) is 4.79 Å². The van der Waals surface area contributed by atoms with E-state index >= 15 is 0 Å². The molecule has 0 aromatic rings. The predicted molar refractivity (Wildman–Crippen MR) is 49.1 cm³/mol. The van der Waals surface area contributed by atoms with Crippen LogP contribution in [0.3, 0.4) is 0 Å². The Kier molecular flexibility index (Phi) is 2.95. The van der Waals surface area contributed by atoms with Crippen molar-refractivity contribution in [3.05, 3.63) is 0 Å². The number of amides is 2. The second-order valence-corrected chi connectivity index (χ2v) is 3.31. The first-order chi connectivity index (χ1) is 5.70. The van der Waals surface area contributed by atoms with Crippen LogP contribution in [0.2, 0.25) is 0 Å². The Morgan fingerprint density at radius 3 is 2.25 bits per heavy atom. The highest BCUT2D eigenvalue weighted by Crippen LogP contribution is 2.27. The Morgan fingerprint density at radius 2 is 1.92 bits per heavy atom. The van der Waals surface area contributed by atoms with Crippen LogP contribution in [0.4, 0.5) is 4.79 Å². The molecule has 70 valence electrons. The van der Waals surface area contributed by atoms with Crippen LogP contribution in [0.1, 0.15) is 26.7 Å². The second-order valence-electron chi connectivity index (χ2n) is 3.31. The van der Waals surface area contributed by atoms with Crippen molar-refractivity contribution in [1.29, 1.82) is 0 Å². The number of hydrogen-bond acceptors (Lipinski definition) is 1. The Morgan fingerprint density at radius 1 is 1.33 bits per heavy atom. The quantitative estimate of drug-likeness (QED) is 0.630. The molecule has 0 atom stereocenters. The summed E-state index contributed by atoms with van der Waals surface area (Å²) in [4.78, 5) is 15.4. The standard InChI is InChI=1S/C9H18N2O/c1-4-10(3)9(12)11(5-2)8-6-7-8/h8H,4-7H2,1-3H3. The van der Waals surface area contributed by atoms with E-state index in [2.05, 4.69) is 0 Å². The lowest BCUT2D eigenvalue weighted by molar-refractivity contribution is 0.164. The van der Waals surface area contributed by atoms with Gasteiger partial charge in [0.05, 0.1) is 0 Å². The summed E-state index contributed by atoms with van der Waals surface area (Å²) in [5.41, 5.74) is 0. The maximum absolute atomic E-state index is 11.6. The van der Waals surface area contributed by atoms with Crippen molar-refractivity contribution < 1.29 is 4.79 Å². The molecule has 0 N–H and O–H groups in total. The van der Waals surface area contributed by atoms with Crippen LogP contribution in [0.25, 0.3) is 0 Å². The molecule has 2 amide bonds. The molecule has 0 aromatic carbocycles. The minimum atomic E-state index is 0.183. The normalized spacial score (nSPS) is 15.9. The third-order valence-electron chi connectivity index (χ3n) is 2.37. The molecule has 0 aliphatic heterocycles. The van der Waals surface area contributed by atoms with Crippen LogP contribution < -0.4 is 0 Å². The summed E-state index contributed by atoms with van der Waals surface area (Å²) in [5, 5.41) is 0. The highest BCUT2D eigenvalue weighted by Gasteiger charge is 2.32. The summed E-state index contributed by atoms with van der Waals surface area (Å²) >= 11 is 0. The Hall–Kier alpha value is -0.730. The number of carbonyl (C=O) groups excluding carboxylic acids is 1. The lowest BCUT2D eigenvalue weighted by Crippen LogP contribution is -2.42. The van der Waals surface area contributed by atoms with E-state index < -0.39 is 0 Å². The molecule has 0 unspecified atom stereocenters. The van der Waals surface area contributed by atoms with Crippen LogP contribution in [0.5, 0.6) is 0 Å². The van der Waals surface area contributed by atoms with E-state index in [0.717, 1.165) is 13.1 Å². The van der Waals surface area contributed by atoms with E-state index in [9.17, 15) is 4.79 Å². The van der Waals surface area contributed by atoms with Crippen molar-refractivity contribution in [2.45, 2.75) is 32.7 Å². The molecule has 0 heterocycles. The average Bonchev–Trinajstić information content (AvgIpc) is 2.88. The number of nitrogens with zero attached hydrogens (tertiary/aromatic N) is 2. The van der Waals surface area contributed by atoms with Crippen LogP contribution in [-0.2, 0) is 0 Å². The van der Waals surface area contributed by atoms with E-state index in [-0.39, 0.29) is 6.03 Å². The molecule has 0 spiro atoms. The smallest absolute Gasteiger partial charge is 0.319 e. The van der Waals surface area contributed by atoms with Gasteiger partial charge in [-0.15, -0.1) is 0 Å². The summed E-state index contributed by atoms with van der Waals surface area (Å²) in [6, 6.07) is 0.721. The summed E-state index contributed by atoms with van der Waals surface area (Å²) in [7, 11) is 1.85. The Labute approximate surface area is 74.3 Å². The fourth-order valence-corrected chi connectivity index (χ4v) is 1.29. The van der Waals surface area contributed by atoms with Gasteiger partial charge in [0.25, 0.3) is 0 Å². The molecule has 0 radical (unpaired) electrons. The van der Waals surface area contributed by atoms with Gasteiger partial charge in [0.2, 0.25) is 0 Å². The molecule has 1 aliphatic rings. The Balaban J connectivity index is 2.46. The van der Waals surface area contributed by atoms with Gasteiger partial charge in [0, 0.05) is 26.2 Å². The largest absolute Gasteiger partial charge is 0.328 e. The van der Waals surface area contributed by atoms with Crippen molar-refractivity contribution in [1.82, 2.24) is 9.80 Å². The van der Waals surface area contributed by atoms with Crippen LogP contribution >= 0.6 is 0 Å². The fraction of sp³-hybridized carbons (Fsp3) is 0.889. The van der Waals surface area contributed by atoms with Crippen molar-refractivity contribution >= 4 is 6.03 Å². The molecule has 12 heavy (non-hydrogen) atoms. The van der Waals surface area contributed by atoms with E-state index in [4.69, 9.17) is 0 Å². The summed E-state index contributed by atoms with van der Waals surface area (Å²) < 4.78 is 0. The molecular weight excluding hydrogens is 152 g/mol. The lowest BCUT2D eigenvalue weighted by atomic mass is 10.5. The van der Waals surface area contributed by atoms with Crippen LogP contribution in [0.15, 0.2) is 0 Å². The van der Waals surface area contributed by atoms with Gasteiger partial charge in [-0.2, -0.15) is 0 Å². The monoisotopic (exact) mass is 170 g/mol. The van der Waals surface area contributed by atoms with Crippen molar-refractivity contribution in [2.24, 2.45) is 0 Å². The first kappa shape index (κ1) is 9.36. The van der Waals surface area contributed by atoms with Gasteiger partial charge < -0.3 is 9.80 Å². The van der Waals surface area contributed by atoms with Gasteiger partial charge in [-0.3, -0.25) is 0 Å². The van der Waals surface area contributed by atoms with E-state index in [1.807, 2.05) is 25.8 Å². The molecule has 1 fully saturated rings. The van der Waals surface area contributed by atoms with Crippen molar-refractivity contribution in [3.63, 3.8) is 0 Å². The van der Waals surface area contributed by atoms with Gasteiger partial charge >= 0.3 is 6.03 Å². The SMILES string of the molecule is CCN(C)C(=O)N(CC)C1CC1. The lowest BCUT2D eigenvalue weighted by Gasteiger charge is -2.26. The van der Waals surface area contributed by atoms with E-state index in [1.165, 1.54) is 12.8 Å². The minimum absolute atomic E-state index is 0.183. The predicted octanol–water partition coefficient (Wildman–Crippen LogP) is 1.54. The van der Waals surface area contributed by atoms with Gasteiger partial charge in [-0.05, 0) is 26.7 Å². The average molecular weight is 170 g/mol. The summed E-state index contributed by atoms with van der Waals surface area (Å²) in [5.74, 6) is 0. The van der Waals surface area contributed by atoms with E-state index in [0.29, 0.717) is 6.04 Å². The number of hydrogen-bond donors (Lipinski definition) is 0. The highest BCUT2D eigenvalue weighted by molar-refractivity contribution is 5.74. The maximum Gasteiger partial charge on any atom is 0.319 e. The van der Waals surface area contributed by atoms with Crippen molar-refractivity contribution in [2.75, 3.05) is 20.1 Å². The van der Waals surface area contributed by atoms with Crippen LogP contribution in [0, 0.1) is 0 Å². The molecule has 0 bridgehead atoms. The zero-order valence-electron chi connectivity index (χ0n) is 8.21. The fourth-order valence-electron chi connectivity index (χ4n) is 1.29. The summed E-state index contributed by atoms with van der Waals surface area (Å²) in [6.07, 6.45) is 2.38. The molecule has 3 nitrogen and oxygen atoms in total. The molecule has 3 heteroatoms. The van der Waals surface area contributed by atoms with Gasteiger partial charge in [0.1, 0.15) is 0 Å². The second kappa shape index (κ2) is 3.78.